The monoisotopic (exact) mass is 264 g/mol. The number of H-pyrrole nitrogens is 1. The summed E-state index contributed by atoms with van der Waals surface area (Å²) in [4.78, 5) is 31.0. The highest BCUT2D eigenvalue weighted by molar-refractivity contribution is 5.68. The first kappa shape index (κ1) is 12.2. The van der Waals surface area contributed by atoms with Gasteiger partial charge in [-0.2, -0.15) is 0 Å². The first-order valence-electron chi connectivity index (χ1n) is 6.43. The van der Waals surface area contributed by atoms with E-state index in [1.54, 1.807) is 7.05 Å². The molecule has 0 aliphatic carbocycles. The number of aromatic nitrogens is 4. The molecule has 1 unspecified atom stereocenters. The van der Waals surface area contributed by atoms with Gasteiger partial charge in [0.05, 0.1) is 19.0 Å². The fourth-order valence-corrected chi connectivity index (χ4v) is 2.27. The van der Waals surface area contributed by atoms with E-state index in [2.05, 4.69) is 9.97 Å². The van der Waals surface area contributed by atoms with Crippen molar-refractivity contribution in [3.05, 3.63) is 27.2 Å². The van der Waals surface area contributed by atoms with Crippen molar-refractivity contribution < 1.29 is 4.74 Å². The van der Waals surface area contributed by atoms with Crippen molar-refractivity contribution in [2.24, 2.45) is 7.05 Å². The number of nitrogens with zero attached hydrogens (tertiary/aromatic N) is 3. The lowest BCUT2D eigenvalue weighted by molar-refractivity contribution is 0.385. The van der Waals surface area contributed by atoms with E-state index in [4.69, 9.17) is 4.74 Å². The lowest BCUT2D eigenvalue weighted by Gasteiger charge is -2.07. The predicted octanol–water partition coefficient (Wildman–Crippen LogP) is -0.00760. The molecule has 7 nitrogen and oxygen atoms in total. The smallest absolute Gasteiger partial charge is 0.332 e. The average molecular weight is 264 g/mol. The van der Waals surface area contributed by atoms with Crippen LogP contribution in [-0.4, -0.2) is 31.8 Å². The van der Waals surface area contributed by atoms with E-state index in [9.17, 15) is 9.59 Å². The minimum atomic E-state index is -0.313. The molecule has 0 aromatic carbocycles. The number of imidazole rings is 1. The first-order valence-corrected chi connectivity index (χ1v) is 6.43. The summed E-state index contributed by atoms with van der Waals surface area (Å²) >= 11 is 0. The Kier molecular flexibility index (Phi) is 2.98. The zero-order chi connectivity index (χ0) is 13.4. The Balaban J connectivity index is 1.84. The molecule has 1 fully saturated rings. The molecule has 0 radical (unpaired) electrons. The van der Waals surface area contributed by atoms with E-state index in [1.165, 1.54) is 15.5 Å². The molecule has 19 heavy (non-hydrogen) atoms. The molecule has 0 bridgehead atoms. The van der Waals surface area contributed by atoms with Gasteiger partial charge in [-0.1, -0.05) is 0 Å². The van der Waals surface area contributed by atoms with Crippen molar-refractivity contribution in [3.8, 4) is 0 Å². The van der Waals surface area contributed by atoms with E-state index in [-0.39, 0.29) is 11.2 Å². The summed E-state index contributed by atoms with van der Waals surface area (Å²) in [6, 6.07) is 0. The first-order chi connectivity index (χ1) is 9.18. The largest absolute Gasteiger partial charge is 0.373 e. The van der Waals surface area contributed by atoms with Gasteiger partial charge < -0.3 is 9.72 Å². The number of aromatic amines is 1. The molecule has 1 N–H and O–H groups in total. The summed E-state index contributed by atoms with van der Waals surface area (Å²) < 4.78 is 7.80. The van der Waals surface area contributed by atoms with Crippen LogP contribution in [0.3, 0.4) is 0 Å². The van der Waals surface area contributed by atoms with Crippen molar-refractivity contribution in [2.75, 3.05) is 6.61 Å². The van der Waals surface area contributed by atoms with Gasteiger partial charge in [0.1, 0.15) is 5.52 Å². The Morgan fingerprint density at radius 3 is 3.00 bits per heavy atom. The molecular weight excluding hydrogens is 248 g/mol. The van der Waals surface area contributed by atoms with Crippen molar-refractivity contribution in [1.29, 1.82) is 0 Å². The normalized spacial score (nSPS) is 18.1. The number of aryl methyl sites for hydroxylation is 1. The van der Waals surface area contributed by atoms with Crippen LogP contribution in [0.15, 0.2) is 15.9 Å². The quantitative estimate of drug-likeness (QED) is 0.608. The van der Waals surface area contributed by atoms with Crippen LogP contribution in [0.4, 0.5) is 0 Å². The van der Waals surface area contributed by atoms with E-state index in [1.807, 2.05) is 0 Å². The van der Waals surface area contributed by atoms with Gasteiger partial charge in [0, 0.05) is 13.6 Å². The van der Waals surface area contributed by atoms with Crippen LogP contribution in [0, 0.1) is 0 Å². The lowest BCUT2D eigenvalue weighted by atomic mass is 10.2. The van der Waals surface area contributed by atoms with E-state index in [0.717, 1.165) is 25.9 Å². The molecular formula is C12H16N4O3. The Morgan fingerprint density at radius 2 is 2.26 bits per heavy atom. The summed E-state index contributed by atoms with van der Waals surface area (Å²) in [7, 11) is 1.62. The molecule has 1 aliphatic heterocycles. The van der Waals surface area contributed by atoms with Crippen LogP contribution in [0.25, 0.3) is 11.2 Å². The third kappa shape index (κ3) is 2.21. The van der Waals surface area contributed by atoms with Gasteiger partial charge in [-0.15, -0.1) is 0 Å². The molecule has 0 amide bonds. The number of hydrogen-bond acceptors (Lipinski definition) is 4. The second-order valence-corrected chi connectivity index (χ2v) is 4.85. The topological polar surface area (TPSA) is 85.2 Å². The molecule has 3 rings (SSSR count). The van der Waals surface area contributed by atoms with Gasteiger partial charge in [-0.25, -0.2) is 9.78 Å². The van der Waals surface area contributed by atoms with Gasteiger partial charge in [0.2, 0.25) is 0 Å². The molecule has 1 atom stereocenters. The van der Waals surface area contributed by atoms with Gasteiger partial charge in [0.25, 0.3) is 5.56 Å². The minimum Gasteiger partial charge on any atom is -0.373 e. The van der Waals surface area contributed by atoms with Crippen LogP contribution in [-0.2, 0) is 18.3 Å². The minimum absolute atomic E-state index is 0.293. The molecule has 0 spiro atoms. The fraction of sp³-hybridized carbons (Fsp3) is 0.583. The van der Waals surface area contributed by atoms with Crippen LogP contribution in [0.2, 0.25) is 0 Å². The molecule has 0 saturated carbocycles. The number of ether oxygens (including phenoxy) is 1. The van der Waals surface area contributed by atoms with Crippen LogP contribution < -0.4 is 11.2 Å². The molecule has 2 aromatic heterocycles. The molecule has 1 saturated heterocycles. The summed E-state index contributed by atoms with van der Waals surface area (Å²) in [5, 5.41) is 0. The number of hydrogen-bond donors (Lipinski definition) is 1. The molecule has 3 heterocycles. The molecule has 1 aliphatic rings. The number of nitrogens with one attached hydrogen (secondary N) is 1. The predicted molar refractivity (Wildman–Crippen MR) is 69.2 cm³/mol. The number of rotatable bonds is 5. The van der Waals surface area contributed by atoms with Crippen molar-refractivity contribution in [3.63, 3.8) is 0 Å². The highest BCUT2D eigenvalue weighted by Gasteiger charge is 2.21. The number of epoxide rings is 1. The SMILES string of the molecule is Cn1c(=O)n(CCCCC2CO2)c(=O)c2[nH]cnc21. The van der Waals surface area contributed by atoms with E-state index in [0.29, 0.717) is 23.8 Å². The van der Waals surface area contributed by atoms with Gasteiger partial charge >= 0.3 is 5.69 Å². The van der Waals surface area contributed by atoms with Crippen molar-refractivity contribution in [2.45, 2.75) is 31.9 Å². The molecule has 102 valence electrons. The maximum absolute atomic E-state index is 12.2. The Bertz CT molecular complexity index is 708. The van der Waals surface area contributed by atoms with Crippen molar-refractivity contribution in [1.82, 2.24) is 19.1 Å². The summed E-state index contributed by atoms with van der Waals surface area (Å²) in [5.74, 6) is 0. The Labute approximate surface area is 108 Å². The highest BCUT2D eigenvalue weighted by Crippen LogP contribution is 2.16. The van der Waals surface area contributed by atoms with Crippen LogP contribution in [0.5, 0.6) is 0 Å². The maximum atomic E-state index is 12.2. The molecule has 7 heteroatoms. The fourth-order valence-electron chi connectivity index (χ4n) is 2.27. The Morgan fingerprint density at radius 1 is 1.47 bits per heavy atom. The third-order valence-electron chi connectivity index (χ3n) is 3.47. The summed E-state index contributed by atoms with van der Waals surface area (Å²) in [6.07, 6.45) is 4.59. The van der Waals surface area contributed by atoms with E-state index < -0.39 is 0 Å². The molecule has 2 aromatic rings. The standard InChI is InChI=1S/C12H16N4O3/c1-15-10-9(13-7-14-10)11(17)16(12(15)18)5-3-2-4-8-6-19-8/h7-8H,2-6H2,1H3,(H,13,14). The summed E-state index contributed by atoms with van der Waals surface area (Å²) in [5.41, 5.74) is 0.177. The maximum Gasteiger partial charge on any atom is 0.332 e. The highest BCUT2D eigenvalue weighted by atomic mass is 16.6. The van der Waals surface area contributed by atoms with Gasteiger partial charge in [-0.05, 0) is 19.3 Å². The van der Waals surface area contributed by atoms with Gasteiger partial charge in [-0.3, -0.25) is 13.9 Å². The average Bonchev–Trinajstić information content (AvgIpc) is 3.09. The number of unbranched alkanes of at least 4 members (excludes halogenated alkanes) is 1. The Hall–Kier alpha value is -1.89. The van der Waals surface area contributed by atoms with Gasteiger partial charge in [0.15, 0.2) is 5.65 Å². The second-order valence-electron chi connectivity index (χ2n) is 4.85. The van der Waals surface area contributed by atoms with Crippen molar-refractivity contribution >= 4 is 11.2 Å². The zero-order valence-corrected chi connectivity index (χ0v) is 10.8. The third-order valence-corrected chi connectivity index (χ3v) is 3.47. The lowest BCUT2D eigenvalue weighted by Crippen LogP contribution is -2.39. The van der Waals surface area contributed by atoms with E-state index >= 15 is 0 Å². The zero-order valence-electron chi connectivity index (χ0n) is 10.8. The van der Waals surface area contributed by atoms with Crippen LogP contribution >= 0.6 is 0 Å². The second kappa shape index (κ2) is 4.65. The van der Waals surface area contributed by atoms with Crippen LogP contribution in [0.1, 0.15) is 19.3 Å². The summed E-state index contributed by atoms with van der Waals surface area (Å²) in [6.45, 7) is 1.29. The number of fused-ring (bicyclic) bond motifs is 1.